The van der Waals surface area contributed by atoms with Crippen molar-refractivity contribution in [3.63, 3.8) is 0 Å². The Morgan fingerprint density at radius 2 is 1.90 bits per heavy atom. The second-order valence-corrected chi connectivity index (χ2v) is 6.97. The van der Waals surface area contributed by atoms with Crippen molar-refractivity contribution in [1.29, 1.82) is 0 Å². The fourth-order valence-electron chi connectivity index (χ4n) is 3.07. The molecule has 1 fully saturated rings. The molecule has 0 saturated carbocycles. The molecule has 0 aliphatic carbocycles. The van der Waals surface area contributed by atoms with E-state index in [1.807, 2.05) is 19.1 Å². The third kappa shape index (κ3) is 9.56. The molecule has 1 aliphatic heterocycles. The molecule has 1 aromatic carbocycles. The molecule has 0 spiro atoms. The summed E-state index contributed by atoms with van der Waals surface area (Å²) < 4.78 is 10.8. The molecule has 2 rings (SSSR count). The van der Waals surface area contributed by atoms with Gasteiger partial charge in [-0.25, -0.2) is 4.79 Å². The highest BCUT2D eigenvalue weighted by molar-refractivity contribution is 14.0. The maximum Gasteiger partial charge on any atom is 0.409 e. The van der Waals surface area contributed by atoms with E-state index in [0.29, 0.717) is 32.3 Å². The molecular weight excluding hydrogens is 483 g/mol. The monoisotopic (exact) mass is 518 g/mol. The van der Waals surface area contributed by atoms with Gasteiger partial charge in [-0.15, -0.1) is 24.0 Å². The molecule has 0 aromatic heterocycles. The van der Waals surface area contributed by atoms with Crippen LogP contribution in [0.3, 0.4) is 0 Å². The summed E-state index contributed by atoms with van der Waals surface area (Å²) in [5, 5.41) is 6.80. The van der Waals surface area contributed by atoms with E-state index in [4.69, 9.17) is 9.47 Å². The summed E-state index contributed by atoms with van der Waals surface area (Å²) in [7, 11) is 1.78. The molecule has 164 valence electrons. The lowest BCUT2D eigenvalue weighted by atomic mass is 10.1. The number of carbonyl (C=O) groups is 1. The highest BCUT2D eigenvalue weighted by atomic mass is 127. The number of aliphatic imine (C=N–C) groups is 1. The average Bonchev–Trinajstić information content (AvgIpc) is 2.71. The molecule has 29 heavy (non-hydrogen) atoms. The summed E-state index contributed by atoms with van der Waals surface area (Å²) in [5.74, 6) is 1.74. The Labute approximate surface area is 191 Å². The zero-order chi connectivity index (χ0) is 20.2. The van der Waals surface area contributed by atoms with Crippen molar-refractivity contribution < 1.29 is 14.3 Å². The molecular formula is C21H35IN4O3. The third-order valence-corrected chi connectivity index (χ3v) is 4.74. The number of unbranched alkanes of at least 4 members (excludes halogenated alkanes) is 1. The molecule has 0 bridgehead atoms. The minimum atomic E-state index is -0.212. The van der Waals surface area contributed by atoms with Gasteiger partial charge in [0.2, 0.25) is 0 Å². The zero-order valence-corrected chi connectivity index (χ0v) is 20.1. The summed E-state index contributed by atoms with van der Waals surface area (Å²) in [6.07, 6.45) is 3.56. The third-order valence-electron chi connectivity index (χ3n) is 4.74. The summed E-state index contributed by atoms with van der Waals surface area (Å²) in [5.41, 5.74) is 1.24. The number of ether oxygens (including phenoxy) is 2. The summed E-state index contributed by atoms with van der Waals surface area (Å²) in [6, 6.07) is 8.45. The van der Waals surface area contributed by atoms with E-state index in [2.05, 4.69) is 34.7 Å². The van der Waals surface area contributed by atoms with E-state index in [1.165, 1.54) is 5.56 Å². The number of likely N-dealkylation sites (tertiary alicyclic amines) is 1. The second kappa shape index (κ2) is 14.3. The minimum absolute atomic E-state index is 0. The fourth-order valence-corrected chi connectivity index (χ4v) is 3.07. The summed E-state index contributed by atoms with van der Waals surface area (Å²) in [4.78, 5) is 17.8. The maximum absolute atomic E-state index is 11.8. The molecule has 1 heterocycles. The van der Waals surface area contributed by atoms with Crippen molar-refractivity contribution in [3.05, 3.63) is 29.8 Å². The van der Waals surface area contributed by atoms with Crippen LogP contribution in [0.5, 0.6) is 5.75 Å². The topological polar surface area (TPSA) is 75.2 Å². The van der Waals surface area contributed by atoms with E-state index in [0.717, 1.165) is 43.9 Å². The van der Waals surface area contributed by atoms with E-state index in [-0.39, 0.29) is 30.1 Å². The molecule has 0 radical (unpaired) electrons. The zero-order valence-electron chi connectivity index (χ0n) is 17.8. The van der Waals surface area contributed by atoms with Gasteiger partial charge in [0.15, 0.2) is 5.96 Å². The van der Waals surface area contributed by atoms with Crippen LogP contribution in [0, 0.1) is 6.92 Å². The number of aryl methyl sites for hydroxylation is 1. The van der Waals surface area contributed by atoms with Crippen LogP contribution in [-0.2, 0) is 4.74 Å². The first-order chi connectivity index (χ1) is 13.6. The van der Waals surface area contributed by atoms with Gasteiger partial charge in [-0.05, 0) is 51.7 Å². The van der Waals surface area contributed by atoms with Gasteiger partial charge in [-0.1, -0.05) is 17.7 Å². The smallest absolute Gasteiger partial charge is 0.409 e. The van der Waals surface area contributed by atoms with E-state index in [1.54, 1.807) is 11.9 Å². The predicted molar refractivity (Wildman–Crippen MR) is 127 cm³/mol. The van der Waals surface area contributed by atoms with Crippen LogP contribution in [0.4, 0.5) is 4.79 Å². The molecule has 0 unspecified atom stereocenters. The number of rotatable bonds is 8. The van der Waals surface area contributed by atoms with Gasteiger partial charge in [0.1, 0.15) is 5.75 Å². The largest absolute Gasteiger partial charge is 0.494 e. The Kier molecular flexibility index (Phi) is 12.5. The van der Waals surface area contributed by atoms with Gasteiger partial charge in [0.25, 0.3) is 0 Å². The Hall–Kier alpha value is -1.71. The number of benzene rings is 1. The number of nitrogens with one attached hydrogen (secondary N) is 2. The second-order valence-electron chi connectivity index (χ2n) is 6.97. The Morgan fingerprint density at radius 3 is 2.52 bits per heavy atom. The molecule has 2 N–H and O–H groups in total. The lowest BCUT2D eigenvalue weighted by molar-refractivity contribution is 0.0963. The SMILES string of the molecule is CCOC(=O)N1CCC(NC(=NC)NCCCCOc2ccc(C)cc2)CC1.I. The molecule has 1 amide bonds. The van der Waals surface area contributed by atoms with Crippen LogP contribution < -0.4 is 15.4 Å². The van der Waals surface area contributed by atoms with Crippen molar-refractivity contribution >= 4 is 36.0 Å². The van der Waals surface area contributed by atoms with Gasteiger partial charge >= 0.3 is 6.09 Å². The van der Waals surface area contributed by atoms with Crippen LogP contribution in [0.2, 0.25) is 0 Å². The number of nitrogens with zero attached hydrogens (tertiary/aromatic N) is 2. The van der Waals surface area contributed by atoms with Crippen molar-refractivity contribution in [3.8, 4) is 5.75 Å². The predicted octanol–water partition coefficient (Wildman–Crippen LogP) is 3.56. The average molecular weight is 518 g/mol. The lowest BCUT2D eigenvalue weighted by Crippen LogP contribution is -2.50. The van der Waals surface area contributed by atoms with E-state index >= 15 is 0 Å². The highest BCUT2D eigenvalue weighted by Gasteiger charge is 2.23. The number of amides is 1. The maximum atomic E-state index is 11.8. The van der Waals surface area contributed by atoms with Crippen molar-refractivity contribution in [2.75, 3.05) is 39.9 Å². The number of hydrogen-bond acceptors (Lipinski definition) is 4. The van der Waals surface area contributed by atoms with Crippen LogP contribution >= 0.6 is 24.0 Å². The Morgan fingerprint density at radius 1 is 1.21 bits per heavy atom. The van der Waals surface area contributed by atoms with Crippen molar-refractivity contribution in [2.45, 2.75) is 45.6 Å². The number of hydrogen-bond donors (Lipinski definition) is 2. The van der Waals surface area contributed by atoms with Crippen LogP contribution in [0.25, 0.3) is 0 Å². The molecule has 1 saturated heterocycles. The van der Waals surface area contributed by atoms with Crippen LogP contribution in [0.1, 0.15) is 38.2 Å². The van der Waals surface area contributed by atoms with E-state index in [9.17, 15) is 4.79 Å². The van der Waals surface area contributed by atoms with Gasteiger partial charge in [-0.2, -0.15) is 0 Å². The first-order valence-electron chi connectivity index (χ1n) is 10.2. The standard InChI is InChI=1S/C21H34N4O3.HI/c1-4-27-21(26)25-14-11-18(12-15-25)24-20(22-3)23-13-5-6-16-28-19-9-7-17(2)8-10-19;/h7-10,18H,4-6,11-16H2,1-3H3,(H2,22,23,24);1H. The Balaban J connectivity index is 0.00000420. The Bertz CT molecular complexity index is 617. The summed E-state index contributed by atoms with van der Waals surface area (Å²) >= 11 is 0. The van der Waals surface area contributed by atoms with Crippen LogP contribution in [0.15, 0.2) is 29.3 Å². The molecule has 1 aliphatic rings. The fraction of sp³-hybridized carbons (Fsp3) is 0.619. The van der Waals surface area contributed by atoms with Crippen LogP contribution in [-0.4, -0.2) is 62.9 Å². The molecule has 0 atom stereocenters. The first-order valence-corrected chi connectivity index (χ1v) is 10.2. The van der Waals surface area contributed by atoms with Gasteiger partial charge < -0.3 is 25.0 Å². The molecule has 1 aromatic rings. The number of carbonyl (C=O) groups excluding carboxylic acids is 1. The minimum Gasteiger partial charge on any atom is -0.494 e. The molecule has 7 nitrogen and oxygen atoms in total. The van der Waals surface area contributed by atoms with Crippen molar-refractivity contribution in [1.82, 2.24) is 15.5 Å². The van der Waals surface area contributed by atoms with E-state index < -0.39 is 0 Å². The molecule has 8 heteroatoms. The van der Waals surface area contributed by atoms with Gasteiger partial charge in [-0.3, -0.25) is 4.99 Å². The summed E-state index contributed by atoms with van der Waals surface area (Å²) in [6.45, 7) is 7.30. The normalized spacial score (nSPS) is 14.7. The van der Waals surface area contributed by atoms with Crippen molar-refractivity contribution in [2.24, 2.45) is 4.99 Å². The first kappa shape index (κ1) is 25.3. The lowest BCUT2D eigenvalue weighted by Gasteiger charge is -2.32. The van der Waals surface area contributed by atoms with Gasteiger partial charge in [0.05, 0.1) is 13.2 Å². The highest BCUT2D eigenvalue weighted by Crippen LogP contribution is 2.12. The number of halogens is 1. The van der Waals surface area contributed by atoms with Gasteiger partial charge in [0, 0.05) is 32.7 Å². The number of piperidine rings is 1. The quantitative estimate of drug-likeness (QED) is 0.238. The number of guanidine groups is 1.